The monoisotopic (exact) mass is 315 g/mol. The number of nitrogens with one attached hydrogen (secondary N) is 1. The van der Waals surface area contributed by atoms with Crippen LogP contribution in [0.15, 0.2) is 60.6 Å². The van der Waals surface area contributed by atoms with Crippen LogP contribution in [-0.4, -0.2) is 17.0 Å². The fraction of sp³-hybridized carbons (Fsp3) is 0.125. The van der Waals surface area contributed by atoms with Crippen LogP contribution in [0, 0.1) is 0 Å². The third kappa shape index (κ3) is 2.95. The molecule has 22 heavy (non-hydrogen) atoms. The highest BCUT2D eigenvalue weighted by atomic mass is 35.5. The van der Waals surface area contributed by atoms with Crippen LogP contribution in [0.5, 0.6) is 0 Å². The summed E-state index contributed by atoms with van der Waals surface area (Å²) in [7, 11) is 0. The highest BCUT2D eigenvalue weighted by molar-refractivity contribution is 6.32. The number of aromatic nitrogens is 1. The van der Waals surface area contributed by atoms with Crippen LogP contribution in [0.25, 0.3) is 0 Å². The molecule has 1 aromatic carbocycles. The van der Waals surface area contributed by atoms with E-state index in [1.807, 2.05) is 43.3 Å². The molecule has 1 N–H and O–H groups in total. The fourth-order valence-electron chi connectivity index (χ4n) is 2.14. The lowest BCUT2D eigenvalue weighted by Gasteiger charge is -2.22. The number of carbonyl (C=O) groups is 1. The predicted molar refractivity (Wildman–Crippen MR) is 84.3 cm³/mol. The number of esters is 1. The Hall–Kier alpha value is -2.37. The lowest BCUT2D eigenvalue weighted by molar-refractivity contribution is 0.0616. The quantitative estimate of drug-likeness (QED) is 0.696. The molecule has 0 bridgehead atoms. The van der Waals surface area contributed by atoms with E-state index in [2.05, 4.69) is 10.4 Å². The lowest BCUT2D eigenvalue weighted by atomic mass is 10.3. The van der Waals surface area contributed by atoms with Gasteiger partial charge in [-0.05, 0) is 37.3 Å². The molecule has 0 fully saturated rings. The maximum absolute atomic E-state index is 12.3. The Morgan fingerprint density at radius 1 is 1.27 bits per heavy atom. The largest absolute Gasteiger partial charge is 0.404 e. The molecule has 5 nitrogen and oxygen atoms in total. The SMILES string of the molecule is C[C@H]1C=C(OC(=O)c2cccnc2Cl)N(c2ccccc2)N1. The topological polar surface area (TPSA) is 54.5 Å². The molecule has 2 heterocycles. The van der Waals surface area contributed by atoms with E-state index in [9.17, 15) is 4.79 Å². The van der Waals surface area contributed by atoms with Gasteiger partial charge in [-0.1, -0.05) is 29.8 Å². The molecule has 0 unspecified atom stereocenters. The Morgan fingerprint density at radius 3 is 2.77 bits per heavy atom. The number of carbonyl (C=O) groups excluding carboxylic acids is 1. The zero-order valence-electron chi connectivity index (χ0n) is 11.9. The van der Waals surface area contributed by atoms with E-state index in [1.54, 1.807) is 17.1 Å². The van der Waals surface area contributed by atoms with E-state index in [1.165, 1.54) is 6.20 Å². The third-order valence-electron chi connectivity index (χ3n) is 3.14. The summed E-state index contributed by atoms with van der Waals surface area (Å²) in [6.07, 6.45) is 3.35. The first-order valence-electron chi connectivity index (χ1n) is 6.81. The van der Waals surface area contributed by atoms with Gasteiger partial charge >= 0.3 is 5.97 Å². The van der Waals surface area contributed by atoms with Crippen LogP contribution in [0.3, 0.4) is 0 Å². The molecule has 0 amide bonds. The Labute approximate surface area is 133 Å². The Morgan fingerprint density at radius 2 is 2.05 bits per heavy atom. The van der Waals surface area contributed by atoms with Crippen LogP contribution in [0.1, 0.15) is 17.3 Å². The normalized spacial score (nSPS) is 17.3. The van der Waals surface area contributed by atoms with Crippen molar-refractivity contribution >= 4 is 23.3 Å². The average molecular weight is 316 g/mol. The zero-order valence-corrected chi connectivity index (χ0v) is 12.6. The Balaban J connectivity index is 1.83. The van der Waals surface area contributed by atoms with Gasteiger partial charge in [-0.3, -0.25) is 0 Å². The number of benzene rings is 1. The molecule has 1 aromatic heterocycles. The van der Waals surface area contributed by atoms with Gasteiger partial charge in [-0.15, -0.1) is 0 Å². The molecule has 6 heteroatoms. The Kier molecular flexibility index (Phi) is 4.09. The van der Waals surface area contributed by atoms with Crippen molar-refractivity contribution in [3.8, 4) is 0 Å². The number of hydrazine groups is 1. The van der Waals surface area contributed by atoms with Crippen molar-refractivity contribution in [3.05, 3.63) is 71.3 Å². The second kappa shape index (κ2) is 6.17. The van der Waals surface area contributed by atoms with Gasteiger partial charge < -0.3 is 4.74 Å². The molecule has 1 atom stereocenters. The molecule has 0 aliphatic carbocycles. The van der Waals surface area contributed by atoms with E-state index < -0.39 is 5.97 Å². The fourth-order valence-corrected chi connectivity index (χ4v) is 2.34. The number of hydrogen-bond acceptors (Lipinski definition) is 5. The van der Waals surface area contributed by atoms with Gasteiger partial charge in [0.15, 0.2) is 0 Å². The van der Waals surface area contributed by atoms with Gasteiger partial charge in [0.1, 0.15) is 5.15 Å². The summed E-state index contributed by atoms with van der Waals surface area (Å²) in [5.74, 6) is -0.121. The van der Waals surface area contributed by atoms with Crippen LogP contribution >= 0.6 is 11.6 Å². The van der Waals surface area contributed by atoms with Crippen molar-refractivity contribution in [1.29, 1.82) is 0 Å². The number of ether oxygens (including phenoxy) is 1. The standard InChI is InChI=1S/C16H14ClN3O2/c1-11-10-14(20(19-11)12-6-3-2-4-7-12)22-16(21)13-8-5-9-18-15(13)17/h2-11,19H,1H3/t11-/m0/s1. The van der Waals surface area contributed by atoms with Gasteiger partial charge in [-0.25, -0.2) is 20.2 Å². The second-order valence-electron chi connectivity index (χ2n) is 4.82. The van der Waals surface area contributed by atoms with Gasteiger partial charge in [0.2, 0.25) is 5.88 Å². The molecule has 0 radical (unpaired) electrons. The predicted octanol–water partition coefficient (Wildman–Crippen LogP) is 3.15. The highest BCUT2D eigenvalue weighted by Gasteiger charge is 2.26. The molecule has 2 aromatic rings. The van der Waals surface area contributed by atoms with Gasteiger partial charge in [0.25, 0.3) is 0 Å². The molecular weight excluding hydrogens is 302 g/mol. The number of para-hydroxylation sites is 1. The van der Waals surface area contributed by atoms with Gasteiger partial charge in [0, 0.05) is 12.2 Å². The number of halogens is 1. The van der Waals surface area contributed by atoms with Crippen molar-refractivity contribution in [2.24, 2.45) is 0 Å². The zero-order chi connectivity index (χ0) is 15.5. The van der Waals surface area contributed by atoms with Crippen molar-refractivity contribution in [2.75, 3.05) is 5.01 Å². The minimum absolute atomic E-state index is 0.0485. The minimum Gasteiger partial charge on any atom is -0.404 e. The van der Waals surface area contributed by atoms with E-state index in [-0.39, 0.29) is 16.8 Å². The summed E-state index contributed by atoms with van der Waals surface area (Å²) in [6, 6.07) is 12.9. The van der Waals surface area contributed by atoms with Crippen molar-refractivity contribution < 1.29 is 9.53 Å². The summed E-state index contributed by atoms with van der Waals surface area (Å²) in [5.41, 5.74) is 4.32. The number of hydrogen-bond donors (Lipinski definition) is 1. The minimum atomic E-state index is -0.541. The summed E-state index contributed by atoms with van der Waals surface area (Å²) >= 11 is 5.93. The van der Waals surface area contributed by atoms with E-state index >= 15 is 0 Å². The summed E-state index contributed by atoms with van der Waals surface area (Å²) in [6.45, 7) is 1.97. The molecule has 1 aliphatic heterocycles. The van der Waals surface area contributed by atoms with E-state index in [0.29, 0.717) is 5.88 Å². The van der Waals surface area contributed by atoms with Crippen LogP contribution < -0.4 is 10.4 Å². The average Bonchev–Trinajstić information content (AvgIpc) is 2.89. The van der Waals surface area contributed by atoms with Gasteiger partial charge in [-0.2, -0.15) is 0 Å². The number of anilines is 1. The number of nitrogens with zero attached hydrogens (tertiary/aromatic N) is 2. The molecule has 0 saturated carbocycles. The molecule has 112 valence electrons. The first-order chi connectivity index (χ1) is 10.6. The number of rotatable bonds is 3. The maximum Gasteiger partial charge on any atom is 0.347 e. The first kappa shape index (κ1) is 14.6. The molecule has 0 saturated heterocycles. The maximum atomic E-state index is 12.3. The molecular formula is C16H14ClN3O2. The second-order valence-corrected chi connectivity index (χ2v) is 5.18. The van der Waals surface area contributed by atoms with Gasteiger partial charge in [0.05, 0.1) is 11.3 Å². The van der Waals surface area contributed by atoms with E-state index in [4.69, 9.17) is 16.3 Å². The number of pyridine rings is 1. The molecule has 3 rings (SSSR count). The summed E-state index contributed by atoms with van der Waals surface area (Å²) in [5, 5.41) is 1.85. The summed E-state index contributed by atoms with van der Waals surface area (Å²) < 4.78 is 5.48. The lowest BCUT2D eigenvalue weighted by Crippen LogP contribution is -2.36. The van der Waals surface area contributed by atoms with Crippen LogP contribution in [-0.2, 0) is 4.74 Å². The first-order valence-corrected chi connectivity index (χ1v) is 7.19. The van der Waals surface area contributed by atoms with Crippen molar-refractivity contribution in [2.45, 2.75) is 13.0 Å². The molecule has 0 spiro atoms. The Bertz CT molecular complexity index is 718. The third-order valence-corrected chi connectivity index (χ3v) is 3.44. The van der Waals surface area contributed by atoms with Crippen LogP contribution in [0.4, 0.5) is 5.69 Å². The van der Waals surface area contributed by atoms with E-state index in [0.717, 1.165) is 5.69 Å². The molecule has 1 aliphatic rings. The van der Waals surface area contributed by atoms with Crippen molar-refractivity contribution in [1.82, 2.24) is 10.4 Å². The van der Waals surface area contributed by atoms with Crippen LogP contribution in [0.2, 0.25) is 5.15 Å². The highest BCUT2D eigenvalue weighted by Crippen LogP contribution is 2.24. The van der Waals surface area contributed by atoms with Crippen molar-refractivity contribution in [3.63, 3.8) is 0 Å². The smallest absolute Gasteiger partial charge is 0.347 e. The summed E-state index contributed by atoms with van der Waals surface area (Å²) in [4.78, 5) is 16.1.